The average molecular weight is 482 g/mol. The number of benzene rings is 2. The highest BCUT2D eigenvalue weighted by Gasteiger charge is 2.29. The Hall–Kier alpha value is -2.96. The molecule has 0 bridgehead atoms. The predicted octanol–water partition coefficient (Wildman–Crippen LogP) is 4.38. The number of piperidine rings is 1. The maximum atomic E-state index is 14.1. The molecular formula is C27H29ClFN3O2. The van der Waals surface area contributed by atoms with Gasteiger partial charge >= 0.3 is 0 Å². The first-order valence-electron chi connectivity index (χ1n) is 11.5. The van der Waals surface area contributed by atoms with E-state index in [1.165, 1.54) is 19.1 Å². The van der Waals surface area contributed by atoms with Crippen molar-refractivity contribution in [2.75, 3.05) is 19.6 Å². The molecular weight excluding hydrogens is 453 g/mol. The molecule has 1 saturated heterocycles. The van der Waals surface area contributed by atoms with Gasteiger partial charge in [-0.15, -0.1) is 0 Å². The summed E-state index contributed by atoms with van der Waals surface area (Å²) in [6, 6.07) is 14.3. The number of amides is 1. The first-order valence-corrected chi connectivity index (χ1v) is 11.9. The van der Waals surface area contributed by atoms with E-state index in [1.54, 1.807) is 23.7 Å². The summed E-state index contributed by atoms with van der Waals surface area (Å²) in [6.07, 6.45) is 3.31. The van der Waals surface area contributed by atoms with E-state index < -0.39 is 0 Å². The highest BCUT2D eigenvalue weighted by Crippen LogP contribution is 2.41. The lowest BCUT2D eigenvalue weighted by atomic mass is 9.77. The standard InChI is InChI=1S/C27H29ClFN3O2/c1-17(33)31-11-7-18-3-5-21(29)15-24(18)19-4-6-23(26(28)13-19)25-16-30-10-8-22(25)20-9-12-32(2)27(34)14-20/h3-6,9,12-15,22,25,30H,7-8,10-11,16H2,1-2H3,(H,31,33)/t22-,25+/m1/s1. The second-order valence-corrected chi connectivity index (χ2v) is 9.29. The number of hydrogen-bond acceptors (Lipinski definition) is 3. The molecule has 2 N–H and O–H groups in total. The van der Waals surface area contributed by atoms with E-state index in [4.69, 9.17) is 11.6 Å². The van der Waals surface area contributed by atoms with Crippen LogP contribution in [-0.4, -0.2) is 30.1 Å². The quantitative estimate of drug-likeness (QED) is 0.549. The van der Waals surface area contributed by atoms with Gasteiger partial charge in [-0.05, 0) is 77.4 Å². The molecule has 1 amide bonds. The summed E-state index contributed by atoms with van der Waals surface area (Å²) in [7, 11) is 1.75. The third kappa shape index (κ3) is 5.40. The van der Waals surface area contributed by atoms with E-state index in [0.29, 0.717) is 18.0 Å². The molecule has 0 saturated carbocycles. The van der Waals surface area contributed by atoms with Crippen LogP contribution in [0.2, 0.25) is 5.02 Å². The van der Waals surface area contributed by atoms with Crippen molar-refractivity contribution >= 4 is 17.5 Å². The van der Waals surface area contributed by atoms with Gasteiger partial charge < -0.3 is 15.2 Å². The third-order valence-corrected chi connectivity index (χ3v) is 6.92. The summed E-state index contributed by atoms with van der Waals surface area (Å²) in [6.45, 7) is 3.60. The number of hydrogen-bond donors (Lipinski definition) is 2. The van der Waals surface area contributed by atoms with Crippen molar-refractivity contribution in [3.63, 3.8) is 0 Å². The van der Waals surface area contributed by atoms with Gasteiger partial charge in [0.05, 0.1) is 0 Å². The predicted molar refractivity (Wildman–Crippen MR) is 134 cm³/mol. The number of nitrogens with one attached hydrogen (secondary N) is 2. The molecule has 178 valence electrons. The largest absolute Gasteiger partial charge is 0.356 e. The fraction of sp³-hybridized carbons (Fsp3) is 0.333. The Labute approximate surface area is 204 Å². The van der Waals surface area contributed by atoms with Gasteiger partial charge in [-0.1, -0.05) is 29.8 Å². The second kappa shape index (κ2) is 10.5. The van der Waals surface area contributed by atoms with Crippen molar-refractivity contribution in [3.05, 3.63) is 92.6 Å². The van der Waals surface area contributed by atoms with Crippen LogP contribution in [0.1, 0.15) is 41.9 Å². The summed E-state index contributed by atoms with van der Waals surface area (Å²) >= 11 is 6.82. The fourth-order valence-corrected chi connectivity index (χ4v) is 5.10. The van der Waals surface area contributed by atoms with E-state index in [2.05, 4.69) is 10.6 Å². The van der Waals surface area contributed by atoms with Crippen LogP contribution in [0.15, 0.2) is 59.5 Å². The topological polar surface area (TPSA) is 63.1 Å². The molecule has 0 spiro atoms. The Kier molecular flexibility index (Phi) is 7.49. The molecule has 4 rings (SSSR count). The molecule has 0 unspecified atom stereocenters. The molecule has 5 nitrogen and oxygen atoms in total. The first kappa shape index (κ1) is 24.2. The van der Waals surface area contributed by atoms with Gasteiger partial charge in [0.15, 0.2) is 0 Å². The normalized spacial score (nSPS) is 18.0. The average Bonchev–Trinajstić information content (AvgIpc) is 2.81. The summed E-state index contributed by atoms with van der Waals surface area (Å²) in [5, 5.41) is 6.87. The molecule has 0 aliphatic carbocycles. The molecule has 1 aromatic heterocycles. The Morgan fingerprint density at radius 3 is 2.74 bits per heavy atom. The second-order valence-electron chi connectivity index (χ2n) is 8.89. The molecule has 2 atom stereocenters. The van der Waals surface area contributed by atoms with E-state index in [1.807, 2.05) is 30.5 Å². The summed E-state index contributed by atoms with van der Waals surface area (Å²) in [4.78, 5) is 23.5. The van der Waals surface area contributed by atoms with Crippen LogP contribution in [0.25, 0.3) is 11.1 Å². The highest BCUT2D eigenvalue weighted by molar-refractivity contribution is 6.31. The molecule has 1 aliphatic heterocycles. The minimum absolute atomic E-state index is 0.0193. The van der Waals surface area contributed by atoms with Crippen LogP contribution in [0.3, 0.4) is 0 Å². The molecule has 7 heteroatoms. The zero-order valence-corrected chi connectivity index (χ0v) is 20.2. The zero-order chi connectivity index (χ0) is 24.2. The number of rotatable bonds is 6. The zero-order valence-electron chi connectivity index (χ0n) is 19.4. The van der Waals surface area contributed by atoms with E-state index in [0.717, 1.165) is 47.3 Å². The van der Waals surface area contributed by atoms with Gasteiger partial charge in [0, 0.05) is 50.3 Å². The third-order valence-electron chi connectivity index (χ3n) is 6.59. The Balaban J connectivity index is 1.65. The number of carbonyl (C=O) groups excluding carboxylic acids is 1. The fourth-order valence-electron chi connectivity index (χ4n) is 4.78. The van der Waals surface area contributed by atoms with Crippen LogP contribution in [-0.2, 0) is 18.3 Å². The summed E-state index contributed by atoms with van der Waals surface area (Å²) in [5.74, 6) is -0.112. The number of aromatic nitrogens is 1. The molecule has 0 radical (unpaired) electrons. The lowest BCUT2D eigenvalue weighted by molar-refractivity contribution is -0.118. The maximum Gasteiger partial charge on any atom is 0.250 e. The van der Waals surface area contributed by atoms with Gasteiger partial charge in [0.2, 0.25) is 5.91 Å². The monoisotopic (exact) mass is 481 g/mol. The molecule has 1 aliphatic rings. The van der Waals surface area contributed by atoms with Gasteiger partial charge in [-0.3, -0.25) is 9.59 Å². The van der Waals surface area contributed by atoms with Crippen molar-refractivity contribution in [1.82, 2.24) is 15.2 Å². The SMILES string of the molecule is CC(=O)NCCc1ccc(F)cc1-c1ccc([C@H]2CNCC[C@@H]2c2ccn(C)c(=O)c2)c(Cl)c1. The Morgan fingerprint density at radius 1 is 1.18 bits per heavy atom. The van der Waals surface area contributed by atoms with Gasteiger partial charge in [0.25, 0.3) is 5.56 Å². The van der Waals surface area contributed by atoms with E-state index in [-0.39, 0.29) is 29.1 Å². The minimum Gasteiger partial charge on any atom is -0.356 e. The van der Waals surface area contributed by atoms with Crippen LogP contribution in [0, 0.1) is 5.82 Å². The summed E-state index contributed by atoms with van der Waals surface area (Å²) < 4.78 is 15.7. The number of carbonyl (C=O) groups is 1. The van der Waals surface area contributed by atoms with Crippen molar-refractivity contribution in [3.8, 4) is 11.1 Å². The molecule has 3 aromatic rings. The van der Waals surface area contributed by atoms with Crippen molar-refractivity contribution in [1.29, 1.82) is 0 Å². The van der Waals surface area contributed by atoms with Crippen LogP contribution in [0.5, 0.6) is 0 Å². The Bertz CT molecular complexity index is 1260. The van der Waals surface area contributed by atoms with Crippen molar-refractivity contribution < 1.29 is 9.18 Å². The van der Waals surface area contributed by atoms with E-state index in [9.17, 15) is 14.0 Å². The van der Waals surface area contributed by atoms with Gasteiger partial charge in [-0.25, -0.2) is 4.39 Å². The Morgan fingerprint density at radius 2 is 2.00 bits per heavy atom. The molecule has 34 heavy (non-hydrogen) atoms. The lowest BCUT2D eigenvalue weighted by Gasteiger charge is -2.33. The maximum absolute atomic E-state index is 14.1. The number of aryl methyl sites for hydroxylation is 1. The number of halogens is 2. The smallest absolute Gasteiger partial charge is 0.250 e. The molecule has 2 heterocycles. The van der Waals surface area contributed by atoms with Crippen LogP contribution < -0.4 is 16.2 Å². The first-order chi connectivity index (χ1) is 16.3. The van der Waals surface area contributed by atoms with Gasteiger partial charge in [-0.2, -0.15) is 0 Å². The van der Waals surface area contributed by atoms with Crippen molar-refractivity contribution in [2.24, 2.45) is 7.05 Å². The molecule has 2 aromatic carbocycles. The number of nitrogens with zero attached hydrogens (tertiary/aromatic N) is 1. The lowest BCUT2D eigenvalue weighted by Crippen LogP contribution is -2.34. The highest BCUT2D eigenvalue weighted by atomic mass is 35.5. The van der Waals surface area contributed by atoms with Crippen LogP contribution in [0.4, 0.5) is 4.39 Å². The number of pyridine rings is 1. The van der Waals surface area contributed by atoms with Crippen LogP contribution >= 0.6 is 11.6 Å². The minimum atomic E-state index is -0.319. The van der Waals surface area contributed by atoms with Gasteiger partial charge in [0.1, 0.15) is 5.82 Å². The molecule has 1 fully saturated rings. The van der Waals surface area contributed by atoms with E-state index >= 15 is 0 Å². The summed E-state index contributed by atoms with van der Waals surface area (Å²) in [5.41, 5.74) is 4.56. The van der Waals surface area contributed by atoms with Crippen molar-refractivity contribution in [2.45, 2.75) is 31.6 Å².